The molecule has 114 valence electrons. The van der Waals surface area contributed by atoms with E-state index in [2.05, 4.69) is 5.32 Å². The third-order valence-electron chi connectivity index (χ3n) is 3.74. The number of methoxy groups -OCH3 is 1. The van der Waals surface area contributed by atoms with Crippen molar-refractivity contribution in [1.29, 1.82) is 0 Å². The highest BCUT2D eigenvalue weighted by atomic mass is 32.2. The van der Waals surface area contributed by atoms with Crippen LogP contribution in [-0.4, -0.2) is 30.8 Å². The summed E-state index contributed by atoms with van der Waals surface area (Å²) in [6.07, 6.45) is 3.29. The number of carbonyl (C=O) groups excluding carboxylic acids is 2. The molecule has 1 aromatic rings. The molecule has 0 bridgehead atoms. The van der Waals surface area contributed by atoms with Crippen LogP contribution >= 0.6 is 11.8 Å². The van der Waals surface area contributed by atoms with Crippen molar-refractivity contribution in [3.63, 3.8) is 0 Å². The lowest BCUT2D eigenvalue weighted by Gasteiger charge is -2.27. The molecule has 1 amide bonds. The van der Waals surface area contributed by atoms with Crippen LogP contribution in [-0.2, 0) is 14.3 Å². The van der Waals surface area contributed by atoms with Crippen molar-refractivity contribution in [2.45, 2.75) is 36.6 Å². The minimum atomic E-state index is -0.126. The Bertz CT molecular complexity index is 470. The Morgan fingerprint density at radius 1 is 1.19 bits per heavy atom. The summed E-state index contributed by atoms with van der Waals surface area (Å²) in [6.45, 7) is 0. The molecule has 0 radical (unpaired) electrons. The number of hydrogen-bond acceptors (Lipinski definition) is 4. The van der Waals surface area contributed by atoms with Crippen molar-refractivity contribution in [1.82, 2.24) is 5.32 Å². The molecule has 0 unspecified atom stereocenters. The van der Waals surface area contributed by atoms with E-state index in [0.29, 0.717) is 5.75 Å². The van der Waals surface area contributed by atoms with E-state index in [1.165, 1.54) is 7.11 Å². The smallest absolute Gasteiger partial charge is 0.308 e. The van der Waals surface area contributed by atoms with Gasteiger partial charge in [-0.25, -0.2) is 0 Å². The Morgan fingerprint density at radius 2 is 1.86 bits per heavy atom. The van der Waals surface area contributed by atoms with Crippen molar-refractivity contribution < 1.29 is 14.3 Å². The van der Waals surface area contributed by atoms with E-state index >= 15 is 0 Å². The summed E-state index contributed by atoms with van der Waals surface area (Å²) in [4.78, 5) is 24.5. The first-order valence-electron chi connectivity index (χ1n) is 7.24. The summed E-state index contributed by atoms with van der Waals surface area (Å²) >= 11 is 1.54. The molecule has 1 aromatic carbocycles. The molecular weight excluding hydrogens is 286 g/mol. The van der Waals surface area contributed by atoms with Crippen LogP contribution in [0.25, 0.3) is 0 Å². The molecule has 1 fully saturated rings. The van der Waals surface area contributed by atoms with Gasteiger partial charge in [0.1, 0.15) is 0 Å². The van der Waals surface area contributed by atoms with E-state index in [4.69, 9.17) is 4.74 Å². The summed E-state index contributed by atoms with van der Waals surface area (Å²) in [5.74, 6) is 0.368. The molecule has 5 heteroatoms. The Morgan fingerprint density at radius 3 is 2.48 bits per heavy atom. The zero-order valence-electron chi connectivity index (χ0n) is 12.2. The lowest BCUT2D eigenvalue weighted by atomic mass is 9.86. The van der Waals surface area contributed by atoms with Crippen molar-refractivity contribution in [2.24, 2.45) is 5.92 Å². The van der Waals surface area contributed by atoms with Gasteiger partial charge >= 0.3 is 5.97 Å². The summed E-state index contributed by atoms with van der Waals surface area (Å²) < 4.78 is 4.76. The summed E-state index contributed by atoms with van der Waals surface area (Å²) in [7, 11) is 1.43. The van der Waals surface area contributed by atoms with E-state index in [-0.39, 0.29) is 23.8 Å². The molecular formula is C16H21NO3S. The molecule has 1 saturated carbocycles. The normalized spacial score (nSPS) is 21.6. The molecule has 1 N–H and O–H groups in total. The van der Waals surface area contributed by atoms with E-state index < -0.39 is 0 Å². The molecule has 2 rings (SSSR count). The third-order valence-corrected chi connectivity index (χ3v) is 4.75. The molecule has 21 heavy (non-hydrogen) atoms. The van der Waals surface area contributed by atoms with Crippen molar-refractivity contribution >= 4 is 23.6 Å². The van der Waals surface area contributed by atoms with Crippen LogP contribution in [0.1, 0.15) is 25.7 Å². The van der Waals surface area contributed by atoms with Gasteiger partial charge in [-0.1, -0.05) is 18.2 Å². The first-order chi connectivity index (χ1) is 10.2. The molecule has 0 saturated heterocycles. The van der Waals surface area contributed by atoms with E-state index in [1.807, 2.05) is 30.3 Å². The maximum absolute atomic E-state index is 11.9. The fourth-order valence-electron chi connectivity index (χ4n) is 2.58. The average molecular weight is 307 g/mol. The van der Waals surface area contributed by atoms with Gasteiger partial charge in [-0.05, 0) is 37.8 Å². The predicted molar refractivity (Wildman–Crippen MR) is 83.1 cm³/mol. The Labute approximate surface area is 129 Å². The van der Waals surface area contributed by atoms with Gasteiger partial charge in [-0.3, -0.25) is 9.59 Å². The van der Waals surface area contributed by atoms with Crippen LogP contribution in [0, 0.1) is 5.92 Å². The molecule has 1 aliphatic rings. The van der Waals surface area contributed by atoms with Crippen molar-refractivity contribution in [3.05, 3.63) is 30.3 Å². The first-order valence-corrected chi connectivity index (χ1v) is 8.22. The standard InChI is InChI=1S/C16H21NO3S/c1-20-16(19)12-7-9-13(10-8-12)17-15(18)11-21-14-5-3-2-4-6-14/h2-6,12-13H,7-11H2,1H3,(H,17,18). The van der Waals surface area contributed by atoms with Crippen molar-refractivity contribution in [2.75, 3.05) is 12.9 Å². The molecule has 1 aliphatic carbocycles. The highest BCUT2D eigenvalue weighted by molar-refractivity contribution is 8.00. The predicted octanol–water partition coefficient (Wildman–Crippen LogP) is 2.63. The van der Waals surface area contributed by atoms with Gasteiger partial charge in [-0.2, -0.15) is 0 Å². The largest absolute Gasteiger partial charge is 0.469 e. The SMILES string of the molecule is COC(=O)C1CCC(NC(=O)CSc2ccccc2)CC1. The monoisotopic (exact) mass is 307 g/mol. The maximum atomic E-state index is 11.9. The number of nitrogens with one attached hydrogen (secondary N) is 1. The summed E-state index contributed by atoms with van der Waals surface area (Å²) in [6, 6.07) is 10.1. The second-order valence-electron chi connectivity index (χ2n) is 5.24. The minimum absolute atomic E-state index is 0.00171. The Hall–Kier alpha value is -1.49. The minimum Gasteiger partial charge on any atom is -0.469 e. The summed E-state index contributed by atoms with van der Waals surface area (Å²) in [5.41, 5.74) is 0. The number of rotatable bonds is 5. The second kappa shape index (κ2) is 8.08. The van der Waals surface area contributed by atoms with Gasteiger partial charge in [0, 0.05) is 10.9 Å². The van der Waals surface area contributed by atoms with E-state index in [9.17, 15) is 9.59 Å². The number of benzene rings is 1. The zero-order chi connectivity index (χ0) is 15.1. The molecule has 0 aliphatic heterocycles. The Kier molecular flexibility index (Phi) is 6.11. The fourth-order valence-corrected chi connectivity index (χ4v) is 3.31. The fraction of sp³-hybridized carbons (Fsp3) is 0.500. The summed E-state index contributed by atoms with van der Waals surface area (Å²) in [5, 5.41) is 3.05. The highest BCUT2D eigenvalue weighted by Gasteiger charge is 2.27. The lowest BCUT2D eigenvalue weighted by Crippen LogP contribution is -2.39. The van der Waals surface area contributed by atoms with E-state index in [1.54, 1.807) is 11.8 Å². The van der Waals surface area contributed by atoms with Crippen LogP contribution in [0.15, 0.2) is 35.2 Å². The second-order valence-corrected chi connectivity index (χ2v) is 6.29. The van der Waals surface area contributed by atoms with Crippen LogP contribution in [0.2, 0.25) is 0 Å². The van der Waals surface area contributed by atoms with Crippen LogP contribution < -0.4 is 5.32 Å². The van der Waals surface area contributed by atoms with Crippen LogP contribution in [0.4, 0.5) is 0 Å². The van der Waals surface area contributed by atoms with Gasteiger partial charge in [0.25, 0.3) is 0 Å². The molecule has 0 aromatic heterocycles. The van der Waals surface area contributed by atoms with Crippen LogP contribution in [0.5, 0.6) is 0 Å². The number of carbonyl (C=O) groups is 2. The van der Waals surface area contributed by atoms with Crippen LogP contribution in [0.3, 0.4) is 0 Å². The molecule has 4 nitrogen and oxygen atoms in total. The van der Waals surface area contributed by atoms with Gasteiger partial charge in [0.15, 0.2) is 0 Å². The zero-order valence-corrected chi connectivity index (χ0v) is 13.0. The molecule has 0 atom stereocenters. The number of ether oxygens (including phenoxy) is 1. The number of thioether (sulfide) groups is 1. The van der Waals surface area contributed by atoms with Gasteiger partial charge in [-0.15, -0.1) is 11.8 Å². The molecule has 0 heterocycles. The quantitative estimate of drug-likeness (QED) is 0.671. The van der Waals surface area contributed by atoms with Gasteiger partial charge in [0.2, 0.25) is 5.91 Å². The lowest BCUT2D eigenvalue weighted by molar-refractivity contribution is -0.146. The Balaban J connectivity index is 1.68. The third kappa shape index (κ3) is 5.08. The number of amides is 1. The maximum Gasteiger partial charge on any atom is 0.308 e. The van der Waals surface area contributed by atoms with Crippen molar-refractivity contribution in [3.8, 4) is 0 Å². The van der Waals surface area contributed by atoms with E-state index in [0.717, 1.165) is 30.6 Å². The van der Waals surface area contributed by atoms with Gasteiger partial charge < -0.3 is 10.1 Å². The highest BCUT2D eigenvalue weighted by Crippen LogP contribution is 2.25. The first kappa shape index (κ1) is 15.9. The molecule has 0 spiro atoms. The van der Waals surface area contributed by atoms with Gasteiger partial charge in [0.05, 0.1) is 18.8 Å². The number of hydrogen-bond donors (Lipinski definition) is 1. The topological polar surface area (TPSA) is 55.4 Å². The number of esters is 1. The average Bonchev–Trinajstić information content (AvgIpc) is 2.54.